The molecule has 0 spiro atoms. The molecule has 0 aliphatic rings. The molecule has 0 aliphatic heterocycles. The van der Waals surface area contributed by atoms with Crippen LogP contribution in [0.25, 0.3) is 0 Å². The van der Waals surface area contributed by atoms with Crippen molar-refractivity contribution in [3.63, 3.8) is 0 Å². The van der Waals surface area contributed by atoms with Crippen molar-refractivity contribution < 1.29 is 8.42 Å². The topological polar surface area (TPSA) is 72.2 Å². The van der Waals surface area contributed by atoms with Crippen LogP contribution in [0.5, 0.6) is 0 Å². The van der Waals surface area contributed by atoms with Gasteiger partial charge in [-0.15, -0.1) is 6.58 Å². The van der Waals surface area contributed by atoms with Crippen LogP contribution in [0.15, 0.2) is 34.2 Å². The van der Waals surface area contributed by atoms with E-state index in [2.05, 4.69) is 27.2 Å². The maximum Gasteiger partial charge on any atom is 0.241 e. The Morgan fingerprint density at radius 1 is 1.53 bits per heavy atom. The zero-order valence-electron chi connectivity index (χ0n) is 10.0. The first kappa shape index (κ1) is 16.8. The van der Waals surface area contributed by atoms with Gasteiger partial charge in [-0.25, -0.2) is 13.1 Å². The van der Waals surface area contributed by atoms with Crippen LogP contribution in [0.1, 0.15) is 0 Å². The summed E-state index contributed by atoms with van der Waals surface area (Å²) in [7, 11) is -3.62. The fourth-order valence-electron chi connectivity index (χ4n) is 1.27. The van der Waals surface area contributed by atoms with Gasteiger partial charge in [-0.1, -0.05) is 17.7 Å². The summed E-state index contributed by atoms with van der Waals surface area (Å²) in [5.41, 5.74) is 5.96. The van der Waals surface area contributed by atoms with Crippen molar-refractivity contribution in [3.8, 4) is 0 Å². The minimum atomic E-state index is -3.62. The van der Waals surface area contributed by atoms with E-state index in [0.29, 0.717) is 16.8 Å². The number of thioether (sulfide) groups is 1. The third-order valence-electron chi connectivity index (χ3n) is 2.10. The highest BCUT2D eigenvalue weighted by molar-refractivity contribution is 9.10. The van der Waals surface area contributed by atoms with Crippen LogP contribution >= 0.6 is 39.3 Å². The zero-order valence-corrected chi connectivity index (χ0v) is 14.0. The Labute approximate surface area is 131 Å². The van der Waals surface area contributed by atoms with E-state index in [0.717, 1.165) is 5.75 Å². The molecule has 0 bridgehead atoms. The van der Waals surface area contributed by atoms with E-state index >= 15 is 0 Å². The number of anilines is 1. The molecule has 19 heavy (non-hydrogen) atoms. The second-order valence-electron chi connectivity index (χ2n) is 3.57. The maximum absolute atomic E-state index is 12.1. The van der Waals surface area contributed by atoms with Gasteiger partial charge >= 0.3 is 0 Å². The molecule has 0 aliphatic carbocycles. The Morgan fingerprint density at radius 3 is 2.84 bits per heavy atom. The SMILES string of the molecule is C=CCSCCNS(=O)(=O)c1cc(Cl)cc(N)c1Br. The van der Waals surface area contributed by atoms with Gasteiger partial charge in [-0.3, -0.25) is 0 Å². The fraction of sp³-hybridized carbons (Fsp3) is 0.273. The normalized spacial score (nSPS) is 11.5. The summed E-state index contributed by atoms with van der Waals surface area (Å²) < 4.78 is 27.0. The molecule has 0 amide bonds. The largest absolute Gasteiger partial charge is 0.398 e. The lowest BCUT2D eigenvalue weighted by Gasteiger charge is -2.10. The van der Waals surface area contributed by atoms with Crippen molar-refractivity contribution in [3.05, 3.63) is 34.3 Å². The highest BCUT2D eigenvalue weighted by Crippen LogP contribution is 2.31. The summed E-state index contributed by atoms with van der Waals surface area (Å²) in [6.45, 7) is 3.92. The first-order valence-electron chi connectivity index (χ1n) is 5.31. The van der Waals surface area contributed by atoms with E-state index in [4.69, 9.17) is 17.3 Å². The quantitative estimate of drug-likeness (QED) is 0.430. The van der Waals surface area contributed by atoms with Crippen molar-refractivity contribution in [2.75, 3.05) is 23.8 Å². The van der Waals surface area contributed by atoms with E-state index in [1.807, 2.05) is 0 Å². The molecule has 0 heterocycles. The summed E-state index contributed by atoms with van der Waals surface area (Å²) in [6, 6.07) is 2.85. The number of benzene rings is 1. The van der Waals surface area contributed by atoms with Crippen LogP contribution in [0.3, 0.4) is 0 Å². The Balaban J connectivity index is 2.80. The number of nitrogens with two attached hydrogens (primary N) is 1. The van der Waals surface area contributed by atoms with Gasteiger partial charge in [-0.2, -0.15) is 11.8 Å². The van der Waals surface area contributed by atoms with Gasteiger partial charge in [-0.05, 0) is 28.1 Å². The lowest BCUT2D eigenvalue weighted by atomic mass is 10.3. The van der Waals surface area contributed by atoms with Gasteiger partial charge in [0.2, 0.25) is 10.0 Å². The van der Waals surface area contributed by atoms with E-state index in [1.165, 1.54) is 12.1 Å². The van der Waals surface area contributed by atoms with Gasteiger partial charge in [0.15, 0.2) is 0 Å². The monoisotopic (exact) mass is 384 g/mol. The standard InChI is InChI=1S/C11H14BrClN2O2S2/c1-2-4-18-5-3-15-19(16,17)10-7-8(13)6-9(14)11(10)12/h2,6-7,15H,1,3-5,14H2. The predicted molar refractivity (Wildman–Crippen MR) is 86.3 cm³/mol. The van der Waals surface area contributed by atoms with Crippen LogP contribution in [-0.2, 0) is 10.0 Å². The van der Waals surface area contributed by atoms with Crippen molar-refractivity contribution in [1.29, 1.82) is 0 Å². The predicted octanol–water partition coefficient (Wildman–Crippen LogP) is 2.88. The number of hydrogen-bond acceptors (Lipinski definition) is 4. The third-order valence-corrected chi connectivity index (χ3v) is 5.91. The molecule has 1 aromatic rings. The van der Waals surface area contributed by atoms with Crippen LogP contribution in [0.2, 0.25) is 5.02 Å². The van der Waals surface area contributed by atoms with Gasteiger partial charge < -0.3 is 5.73 Å². The Hall–Kier alpha value is -0.210. The van der Waals surface area contributed by atoms with Crippen molar-refractivity contribution >= 4 is 55.0 Å². The third kappa shape index (κ3) is 5.00. The average molecular weight is 386 g/mol. The number of halogens is 2. The molecule has 0 radical (unpaired) electrons. The first-order chi connectivity index (χ1) is 8.88. The summed E-state index contributed by atoms with van der Waals surface area (Å²) in [5.74, 6) is 1.45. The van der Waals surface area contributed by atoms with E-state index in [9.17, 15) is 8.42 Å². The number of sulfonamides is 1. The van der Waals surface area contributed by atoms with Gasteiger partial charge in [0, 0.05) is 28.8 Å². The molecule has 1 aromatic carbocycles. The molecule has 8 heteroatoms. The molecular formula is C11H14BrClN2O2S2. The van der Waals surface area contributed by atoms with Crippen LogP contribution in [-0.4, -0.2) is 26.5 Å². The Kier molecular flexibility index (Phi) is 6.68. The Bertz CT molecular complexity index is 564. The molecule has 0 unspecified atom stereocenters. The van der Waals surface area contributed by atoms with Gasteiger partial charge in [0.25, 0.3) is 0 Å². The molecule has 3 N–H and O–H groups in total. The van der Waals surface area contributed by atoms with Crippen LogP contribution in [0.4, 0.5) is 5.69 Å². The molecule has 0 saturated heterocycles. The molecule has 0 saturated carbocycles. The van der Waals surface area contributed by atoms with Crippen molar-refractivity contribution in [1.82, 2.24) is 4.72 Å². The lowest BCUT2D eigenvalue weighted by Crippen LogP contribution is -2.26. The Morgan fingerprint density at radius 2 is 2.21 bits per heavy atom. The number of nitrogen functional groups attached to an aromatic ring is 1. The molecule has 0 fully saturated rings. The number of rotatable bonds is 7. The minimum absolute atomic E-state index is 0.0474. The van der Waals surface area contributed by atoms with E-state index < -0.39 is 10.0 Å². The smallest absolute Gasteiger partial charge is 0.241 e. The molecule has 106 valence electrons. The maximum atomic E-state index is 12.1. The average Bonchev–Trinajstić information content (AvgIpc) is 2.33. The summed E-state index contributed by atoms with van der Waals surface area (Å²) in [5, 5.41) is 0.280. The van der Waals surface area contributed by atoms with Gasteiger partial charge in [0.05, 0.1) is 9.37 Å². The molecule has 0 atom stereocenters. The zero-order chi connectivity index (χ0) is 14.5. The molecule has 0 aromatic heterocycles. The summed E-state index contributed by atoms with van der Waals surface area (Å²) in [4.78, 5) is 0.0474. The van der Waals surface area contributed by atoms with Gasteiger partial charge in [0.1, 0.15) is 0 Å². The summed E-state index contributed by atoms with van der Waals surface area (Å²) >= 11 is 10.6. The van der Waals surface area contributed by atoms with Crippen LogP contribution < -0.4 is 10.5 Å². The van der Waals surface area contributed by atoms with Crippen molar-refractivity contribution in [2.45, 2.75) is 4.90 Å². The van der Waals surface area contributed by atoms with Crippen molar-refractivity contribution in [2.24, 2.45) is 0 Å². The number of nitrogens with one attached hydrogen (secondary N) is 1. The number of hydrogen-bond donors (Lipinski definition) is 2. The molecule has 4 nitrogen and oxygen atoms in total. The first-order valence-corrected chi connectivity index (χ1v) is 9.12. The lowest BCUT2D eigenvalue weighted by molar-refractivity contribution is 0.584. The fourth-order valence-corrected chi connectivity index (χ4v) is 4.30. The molecule has 1 rings (SSSR count). The second-order valence-corrected chi connectivity index (χ2v) is 7.68. The highest BCUT2D eigenvalue weighted by Gasteiger charge is 2.19. The van der Waals surface area contributed by atoms with E-state index in [1.54, 1.807) is 17.8 Å². The molecular weight excluding hydrogens is 372 g/mol. The summed E-state index contributed by atoms with van der Waals surface area (Å²) in [6.07, 6.45) is 1.77. The van der Waals surface area contributed by atoms with E-state index in [-0.39, 0.29) is 15.6 Å². The second kappa shape index (κ2) is 7.54. The minimum Gasteiger partial charge on any atom is -0.398 e. The van der Waals surface area contributed by atoms with Crippen LogP contribution in [0, 0.1) is 0 Å². The highest BCUT2D eigenvalue weighted by atomic mass is 79.9.